The number of nitrogens with one attached hydrogen (secondary N) is 1. The molecular weight excluding hydrogens is 388 g/mol. The van der Waals surface area contributed by atoms with Crippen molar-refractivity contribution in [2.24, 2.45) is 0 Å². The number of likely N-dealkylation sites (tertiary alicyclic amines) is 1. The Labute approximate surface area is 183 Å². The second-order valence-electron chi connectivity index (χ2n) is 9.10. The number of aromatic carboxylic acids is 1. The summed E-state index contributed by atoms with van der Waals surface area (Å²) in [5.74, 6) is -0.191. The summed E-state index contributed by atoms with van der Waals surface area (Å²) >= 11 is 0. The number of carbonyl (C=O) groups is 1. The highest BCUT2D eigenvalue weighted by atomic mass is 16.5. The predicted octanol–water partition coefficient (Wildman–Crippen LogP) is 5.40. The lowest BCUT2D eigenvalue weighted by Crippen LogP contribution is -2.39. The van der Waals surface area contributed by atoms with Gasteiger partial charge < -0.3 is 14.8 Å². The van der Waals surface area contributed by atoms with Gasteiger partial charge in [-0.2, -0.15) is 0 Å². The lowest BCUT2D eigenvalue weighted by atomic mass is 9.90. The molecule has 1 saturated heterocycles. The molecule has 1 aromatic heterocycles. The van der Waals surface area contributed by atoms with Crippen LogP contribution in [0.3, 0.4) is 0 Å². The van der Waals surface area contributed by atoms with Crippen molar-refractivity contribution >= 4 is 16.9 Å². The molecule has 5 rings (SSSR count). The van der Waals surface area contributed by atoms with Crippen molar-refractivity contribution in [3.8, 4) is 0 Å². The van der Waals surface area contributed by atoms with E-state index in [-0.39, 0.29) is 12.1 Å². The van der Waals surface area contributed by atoms with E-state index < -0.39 is 5.97 Å². The molecule has 0 bridgehead atoms. The van der Waals surface area contributed by atoms with Gasteiger partial charge in [-0.15, -0.1) is 0 Å². The summed E-state index contributed by atoms with van der Waals surface area (Å²) in [4.78, 5) is 17.3. The Morgan fingerprint density at radius 2 is 1.97 bits per heavy atom. The molecule has 2 heterocycles. The van der Waals surface area contributed by atoms with Crippen LogP contribution in [-0.2, 0) is 11.3 Å². The van der Waals surface area contributed by atoms with E-state index in [4.69, 9.17) is 4.74 Å². The van der Waals surface area contributed by atoms with Gasteiger partial charge in [-0.1, -0.05) is 18.2 Å². The third-order valence-electron chi connectivity index (χ3n) is 7.11. The maximum atomic E-state index is 11.3. The Balaban J connectivity index is 1.51. The van der Waals surface area contributed by atoms with Gasteiger partial charge in [0.15, 0.2) is 0 Å². The molecule has 31 heavy (non-hydrogen) atoms. The summed E-state index contributed by atoms with van der Waals surface area (Å²) in [5.41, 5.74) is 7.03. The van der Waals surface area contributed by atoms with E-state index in [1.165, 1.54) is 40.4 Å². The van der Waals surface area contributed by atoms with Crippen LogP contribution in [0.2, 0.25) is 0 Å². The maximum absolute atomic E-state index is 11.3. The number of carboxylic acid groups (broad SMARTS) is 1. The first kappa shape index (κ1) is 20.3. The van der Waals surface area contributed by atoms with Crippen LogP contribution in [0.4, 0.5) is 0 Å². The minimum atomic E-state index is -0.884. The second kappa shape index (κ2) is 8.13. The van der Waals surface area contributed by atoms with Gasteiger partial charge in [-0.25, -0.2) is 4.79 Å². The average molecular weight is 419 g/mol. The summed E-state index contributed by atoms with van der Waals surface area (Å²) in [6.07, 6.45) is 6.79. The van der Waals surface area contributed by atoms with Crippen molar-refractivity contribution < 1.29 is 14.6 Å². The highest BCUT2D eigenvalue weighted by Gasteiger charge is 2.33. The van der Waals surface area contributed by atoms with Gasteiger partial charge in [-0.3, -0.25) is 4.90 Å². The molecule has 5 nitrogen and oxygen atoms in total. The molecule has 2 fully saturated rings. The molecule has 2 aliphatic rings. The van der Waals surface area contributed by atoms with Gasteiger partial charge in [0.2, 0.25) is 0 Å². The second-order valence-corrected chi connectivity index (χ2v) is 9.10. The van der Waals surface area contributed by atoms with Crippen molar-refractivity contribution in [2.75, 3.05) is 13.7 Å². The number of H-pyrrole nitrogens is 1. The summed E-state index contributed by atoms with van der Waals surface area (Å²) in [5, 5.41) is 10.6. The largest absolute Gasteiger partial charge is 0.478 e. The first-order valence-electron chi connectivity index (χ1n) is 11.2. The normalized spacial score (nSPS) is 22.1. The van der Waals surface area contributed by atoms with Crippen LogP contribution in [0.15, 0.2) is 42.6 Å². The molecule has 1 saturated carbocycles. The maximum Gasteiger partial charge on any atom is 0.335 e. The lowest BCUT2D eigenvalue weighted by molar-refractivity contribution is 0.00687. The molecule has 2 N–H and O–H groups in total. The summed E-state index contributed by atoms with van der Waals surface area (Å²) in [6, 6.07) is 12.2. The van der Waals surface area contributed by atoms with Gasteiger partial charge in [-0.05, 0) is 79.0 Å². The molecule has 0 spiro atoms. The number of hydrogen-bond acceptors (Lipinski definition) is 3. The third kappa shape index (κ3) is 3.88. The number of fused-ring (bicyclic) bond motifs is 1. The number of aromatic amines is 1. The lowest BCUT2D eigenvalue weighted by Gasteiger charge is -2.40. The predicted molar refractivity (Wildman–Crippen MR) is 122 cm³/mol. The number of piperidine rings is 1. The van der Waals surface area contributed by atoms with Gasteiger partial charge in [0, 0.05) is 43.3 Å². The first-order chi connectivity index (χ1) is 15.0. The van der Waals surface area contributed by atoms with Crippen LogP contribution in [0.25, 0.3) is 10.9 Å². The molecule has 3 aromatic rings. The quantitative estimate of drug-likeness (QED) is 0.562. The standard InChI is InChI=1S/C26H30N2O3/c1-16-13-22(17-3-4-17)23(21-9-11-27-25(16)21)15-28-12-10-20(31-2)14-24(28)18-5-7-19(8-6-18)26(29)30/h5-9,11,13,17,20,24,27H,3-4,10,12,14-15H2,1-2H3,(H,29,30)/t20?,24-/m0/s1. The molecule has 0 radical (unpaired) electrons. The zero-order valence-corrected chi connectivity index (χ0v) is 18.2. The van der Waals surface area contributed by atoms with Crippen LogP contribution in [0.5, 0.6) is 0 Å². The van der Waals surface area contributed by atoms with Crippen molar-refractivity contribution in [1.29, 1.82) is 0 Å². The molecule has 1 unspecified atom stereocenters. The molecule has 2 aromatic carbocycles. The number of hydrogen-bond donors (Lipinski definition) is 2. The van der Waals surface area contributed by atoms with E-state index >= 15 is 0 Å². The Hall–Kier alpha value is -2.63. The van der Waals surface area contributed by atoms with E-state index in [9.17, 15) is 9.90 Å². The number of methoxy groups -OCH3 is 1. The molecule has 0 amide bonds. The van der Waals surface area contributed by atoms with Gasteiger partial charge in [0.05, 0.1) is 11.7 Å². The van der Waals surface area contributed by atoms with Crippen LogP contribution >= 0.6 is 0 Å². The Kier molecular flexibility index (Phi) is 5.32. The number of benzene rings is 2. The first-order valence-corrected chi connectivity index (χ1v) is 11.2. The molecule has 1 aliphatic carbocycles. The Bertz CT molecular complexity index is 1100. The van der Waals surface area contributed by atoms with Crippen LogP contribution in [0, 0.1) is 6.92 Å². The molecule has 2 atom stereocenters. The highest BCUT2D eigenvalue weighted by Crippen LogP contribution is 2.45. The van der Waals surface area contributed by atoms with Crippen molar-refractivity contribution in [3.63, 3.8) is 0 Å². The van der Waals surface area contributed by atoms with E-state index in [0.29, 0.717) is 11.5 Å². The molecule has 162 valence electrons. The van der Waals surface area contributed by atoms with Crippen molar-refractivity contribution in [2.45, 2.75) is 57.2 Å². The van der Waals surface area contributed by atoms with Gasteiger partial charge >= 0.3 is 5.97 Å². The number of carboxylic acids is 1. The number of rotatable bonds is 6. The number of aromatic nitrogens is 1. The van der Waals surface area contributed by atoms with Crippen molar-refractivity contribution in [1.82, 2.24) is 9.88 Å². The van der Waals surface area contributed by atoms with Gasteiger partial charge in [0.25, 0.3) is 0 Å². The van der Waals surface area contributed by atoms with Crippen LogP contribution in [-0.4, -0.2) is 40.7 Å². The monoisotopic (exact) mass is 418 g/mol. The van der Waals surface area contributed by atoms with E-state index in [1.54, 1.807) is 19.2 Å². The number of aryl methyl sites for hydroxylation is 1. The van der Waals surface area contributed by atoms with E-state index in [2.05, 4.69) is 35.1 Å². The fraction of sp³-hybridized carbons (Fsp3) is 0.423. The van der Waals surface area contributed by atoms with E-state index in [1.807, 2.05) is 12.1 Å². The number of ether oxygens (including phenoxy) is 1. The van der Waals surface area contributed by atoms with Crippen LogP contribution in [0.1, 0.15) is 70.3 Å². The fourth-order valence-electron chi connectivity index (χ4n) is 5.21. The van der Waals surface area contributed by atoms with Gasteiger partial charge in [0.1, 0.15) is 0 Å². The zero-order valence-electron chi connectivity index (χ0n) is 18.2. The third-order valence-corrected chi connectivity index (χ3v) is 7.11. The SMILES string of the molecule is COC1CCN(Cc2c(C3CC3)cc(C)c3[nH]ccc23)[C@H](c2ccc(C(=O)O)cc2)C1. The van der Waals surface area contributed by atoms with Crippen LogP contribution < -0.4 is 0 Å². The minimum Gasteiger partial charge on any atom is -0.478 e. The minimum absolute atomic E-state index is 0.212. The average Bonchev–Trinajstić information content (AvgIpc) is 3.51. The smallest absolute Gasteiger partial charge is 0.335 e. The Morgan fingerprint density at radius 1 is 1.19 bits per heavy atom. The Morgan fingerprint density at radius 3 is 2.65 bits per heavy atom. The summed E-state index contributed by atoms with van der Waals surface area (Å²) < 4.78 is 5.72. The summed E-state index contributed by atoms with van der Waals surface area (Å²) in [7, 11) is 1.79. The van der Waals surface area contributed by atoms with E-state index in [0.717, 1.165) is 31.5 Å². The number of nitrogens with zero attached hydrogens (tertiary/aromatic N) is 1. The molecular formula is C26H30N2O3. The summed E-state index contributed by atoms with van der Waals surface area (Å²) in [6.45, 7) is 4.07. The molecule has 5 heteroatoms. The zero-order chi connectivity index (χ0) is 21.5. The van der Waals surface area contributed by atoms with Crippen molar-refractivity contribution in [3.05, 3.63) is 70.4 Å². The highest BCUT2D eigenvalue weighted by molar-refractivity contribution is 5.88. The topological polar surface area (TPSA) is 65.6 Å². The molecule has 1 aliphatic heterocycles. The fourth-order valence-corrected chi connectivity index (χ4v) is 5.21.